The van der Waals surface area contributed by atoms with Gasteiger partial charge in [0.1, 0.15) is 6.04 Å². The third-order valence-electron chi connectivity index (χ3n) is 4.64. The molecule has 120 valence electrons. The summed E-state index contributed by atoms with van der Waals surface area (Å²) in [6.07, 6.45) is 3.88. The summed E-state index contributed by atoms with van der Waals surface area (Å²) in [5, 5.41) is 12.1. The molecular formula is C17H24N2O3. The maximum Gasteiger partial charge on any atom is 0.244 e. The molecule has 5 nitrogen and oxygen atoms in total. The zero-order valence-electron chi connectivity index (χ0n) is 12.8. The molecule has 22 heavy (non-hydrogen) atoms. The largest absolute Gasteiger partial charge is 0.392 e. The predicted octanol–water partition coefficient (Wildman–Crippen LogP) is 1.62. The molecule has 2 N–H and O–H groups in total. The van der Waals surface area contributed by atoms with Crippen LogP contribution in [0.5, 0.6) is 0 Å². The Morgan fingerprint density at radius 1 is 1.41 bits per heavy atom. The number of hydrogen-bond donors (Lipinski definition) is 2. The van der Waals surface area contributed by atoms with E-state index in [2.05, 4.69) is 10.2 Å². The van der Waals surface area contributed by atoms with Crippen molar-refractivity contribution in [3.8, 4) is 0 Å². The molecule has 1 heterocycles. The molecule has 0 unspecified atom stereocenters. The van der Waals surface area contributed by atoms with Gasteiger partial charge in [0.25, 0.3) is 0 Å². The number of morpholine rings is 1. The molecule has 1 aromatic carbocycles. The molecule has 5 heteroatoms. The Morgan fingerprint density at radius 3 is 3.00 bits per heavy atom. The van der Waals surface area contributed by atoms with Gasteiger partial charge in [-0.15, -0.1) is 0 Å². The van der Waals surface area contributed by atoms with Gasteiger partial charge >= 0.3 is 0 Å². The van der Waals surface area contributed by atoms with E-state index in [0.29, 0.717) is 13.2 Å². The first kappa shape index (κ1) is 15.5. The molecule has 2 fully saturated rings. The highest BCUT2D eigenvalue weighted by atomic mass is 16.5. The van der Waals surface area contributed by atoms with Gasteiger partial charge in [0.15, 0.2) is 0 Å². The van der Waals surface area contributed by atoms with E-state index in [1.807, 2.05) is 18.2 Å². The molecule has 1 aliphatic carbocycles. The number of carbonyl (C=O) groups excluding carboxylic acids is 1. The van der Waals surface area contributed by atoms with Crippen LogP contribution < -0.4 is 5.32 Å². The van der Waals surface area contributed by atoms with Crippen molar-refractivity contribution in [1.29, 1.82) is 0 Å². The average molecular weight is 304 g/mol. The molecule has 1 saturated carbocycles. The van der Waals surface area contributed by atoms with Gasteiger partial charge in [-0.05, 0) is 36.5 Å². The molecule has 3 rings (SSSR count). The lowest BCUT2D eigenvalue weighted by Gasteiger charge is -2.39. The molecule has 0 radical (unpaired) electrons. The number of nitrogens with one attached hydrogen (secondary N) is 1. The van der Waals surface area contributed by atoms with Crippen molar-refractivity contribution in [1.82, 2.24) is 4.90 Å². The fraction of sp³-hybridized carbons (Fsp3) is 0.588. The Morgan fingerprint density at radius 2 is 2.27 bits per heavy atom. The summed E-state index contributed by atoms with van der Waals surface area (Å²) < 4.78 is 5.51. The minimum absolute atomic E-state index is 0.0193. The van der Waals surface area contributed by atoms with E-state index in [0.717, 1.165) is 30.3 Å². The summed E-state index contributed by atoms with van der Waals surface area (Å²) in [4.78, 5) is 14.8. The van der Waals surface area contributed by atoms with Crippen molar-refractivity contribution in [3.05, 3.63) is 29.8 Å². The van der Waals surface area contributed by atoms with Crippen molar-refractivity contribution in [2.24, 2.45) is 5.92 Å². The van der Waals surface area contributed by atoms with Gasteiger partial charge in [-0.25, -0.2) is 0 Å². The number of rotatable bonds is 5. The van der Waals surface area contributed by atoms with E-state index < -0.39 is 0 Å². The highest BCUT2D eigenvalue weighted by Gasteiger charge is 2.32. The number of hydrogen-bond acceptors (Lipinski definition) is 4. The lowest BCUT2D eigenvalue weighted by atomic mass is 9.84. The minimum atomic E-state index is -0.216. The van der Waals surface area contributed by atoms with Crippen molar-refractivity contribution in [2.45, 2.75) is 31.9 Å². The van der Waals surface area contributed by atoms with E-state index in [1.165, 1.54) is 19.3 Å². The average Bonchev–Trinajstić information content (AvgIpc) is 2.51. The van der Waals surface area contributed by atoms with Crippen molar-refractivity contribution in [2.75, 3.05) is 31.6 Å². The number of aliphatic hydroxyl groups is 1. The van der Waals surface area contributed by atoms with Gasteiger partial charge in [-0.3, -0.25) is 9.69 Å². The molecule has 1 aromatic rings. The highest BCUT2D eigenvalue weighted by molar-refractivity contribution is 5.95. The molecule has 0 bridgehead atoms. The summed E-state index contributed by atoms with van der Waals surface area (Å²) >= 11 is 0. The summed E-state index contributed by atoms with van der Waals surface area (Å²) in [5.74, 6) is 0.722. The fourth-order valence-electron chi connectivity index (χ4n) is 3.08. The second-order valence-electron chi connectivity index (χ2n) is 6.23. The zero-order valence-corrected chi connectivity index (χ0v) is 12.8. The number of amides is 1. The standard InChI is InChI=1S/C17H24N2O3/c20-11-14-5-2-6-15(9-14)18-17(21)16-12-22-8-7-19(16)10-13-3-1-4-13/h2,5-6,9,13,16,20H,1,3-4,7-8,10-12H2,(H,18,21)/t16-/m1/s1. The number of aliphatic hydroxyl groups excluding tert-OH is 1. The monoisotopic (exact) mass is 304 g/mol. The summed E-state index contributed by atoms with van der Waals surface area (Å²) in [6, 6.07) is 7.11. The number of nitrogens with zero attached hydrogens (tertiary/aromatic N) is 1. The first-order valence-corrected chi connectivity index (χ1v) is 8.08. The predicted molar refractivity (Wildman–Crippen MR) is 84.5 cm³/mol. The van der Waals surface area contributed by atoms with Crippen LogP contribution >= 0.6 is 0 Å². The van der Waals surface area contributed by atoms with Crippen LogP contribution in [0.3, 0.4) is 0 Å². The molecule has 1 saturated heterocycles. The van der Waals surface area contributed by atoms with Crippen molar-refractivity contribution in [3.63, 3.8) is 0 Å². The molecule has 1 amide bonds. The van der Waals surface area contributed by atoms with Gasteiger partial charge in [0, 0.05) is 18.8 Å². The van der Waals surface area contributed by atoms with Gasteiger partial charge < -0.3 is 15.2 Å². The molecule has 1 atom stereocenters. The first-order valence-electron chi connectivity index (χ1n) is 8.08. The number of anilines is 1. The molecular weight excluding hydrogens is 280 g/mol. The Labute approximate surface area is 131 Å². The molecule has 0 aromatic heterocycles. The van der Waals surface area contributed by atoms with Gasteiger partial charge in [-0.2, -0.15) is 0 Å². The van der Waals surface area contributed by atoms with E-state index in [4.69, 9.17) is 4.74 Å². The minimum Gasteiger partial charge on any atom is -0.392 e. The summed E-state index contributed by atoms with van der Waals surface area (Å²) in [6.45, 7) is 2.96. The first-order chi connectivity index (χ1) is 10.8. The van der Waals surface area contributed by atoms with Crippen LogP contribution in [0.25, 0.3) is 0 Å². The van der Waals surface area contributed by atoms with Crippen LogP contribution in [0.2, 0.25) is 0 Å². The zero-order chi connectivity index (χ0) is 15.4. The lowest BCUT2D eigenvalue weighted by molar-refractivity contribution is -0.128. The SMILES string of the molecule is O=C(Nc1cccc(CO)c1)[C@H]1COCCN1CC1CCC1. The Bertz CT molecular complexity index is 516. The normalized spacial score (nSPS) is 23.0. The third kappa shape index (κ3) is 3.66. The molecule has 0 spiro atoms. The van der Waals surface area contributed by atoms with E-state index >= 15 is 0 Å². The van der Waals surface area contributed by atoms with Crippen LogP contribution in [0.1, 0.15) is 24.8 Å². The maximum atomic E-state index is 12.6. The van der Waals surface area contributed by atoms with Gasteiger partial charge in [-0.1, -0.05) is 18.6 Å². The van der Waals surface area contributed by atoms with Crippen LogP contribution in [-0.2, 0) is 16.1 Å². The van der Waals surface area contributed by atoms with Gasteiger partial charge in [0.2, 0.25) is 5.91 Å². The quantitative estimate of drug-likeness (QED) is 0.868. The van der Waals surface area contributed by atoms with Crippen LogP contribution in [0.4, 0.5) is 5.69 Å². The van der Waals surface area contributed by atoms with Crippen LogP contribution in [-0.4, -0.2) is 48.3 Å². The number of carbonyl (C=O) groups is 1. The lowest BCUT2D eigenvalue weighted by Crippen LogP contribution is -2.53. The Hall–Kier alpha value is -1.43. The fourth-order valence-corrected chi connectivity index (χ4v) is 3.08. The molecule has 1 aliphatic heterocycles. The maximum absolute atomic E-state index is 12.6. The Kier molecular flexibility index (Phi) is 5.08. The second-order valence-corrected chi connectivity index (χ2v) is 6.23. The number of benzene rings is 1. The topological polar surface area (TPSA) is 61.8 Å². The van der Waals surface area contributed by atoms with Crippen LogP contribution in [0, 0.1) is 5.92 Å². The third-order valence-corrected chi connectivity index (χ3v) is 4.64. The summed E-state index contributed by atoms with van der Waals surface area (Å²) in [5.41, 5.74) is 1.52. The number of ether oxygens (including phenoxy) is 1. The summed E-state index contributed by atoms with van der Waals surface area (Å²) in [7, 11) is 0. The Balaban J connectivity index is 1.62. The van der Waals surface area contributed by atoms with E-state index in [-0.39, 0.29) is 18.6 Å². The van der Waals surface area contributed by atoms with Crippen molar-refractivity contribution < 1.29 is 14.6 Å². The highest BCUT2D eigenvalue weighted by Crippen LogP contribution is 2.28. The van der Waals surface area contributed by atoms with E-state index in [1.54, 1.807) is 6.07 Å². The van der Waals surface area contributed by atoms with E-state index in [9.17, 15) is 9.90 Å². The van der Waals surface area contributed by atoms with Gasteiger partial charge in [0.05, 0.1) is 19.8 Å². The van der Waals surface area contributed by atoms with Crippen LogP contribution in [0.15, 0.2) is 24.3 Å². The molecule has 2 aliphatic rings. The van der Waals surface area contributed by atoms with Crippen molar-refractivity contribution >= 4 is 11.6 Å². The second kappa shape index (κ2) is 7.22. The smallest absolute Gasteiger partial charge is 0.244 e.